The Hall–Kier alpha value is -1.99. The summed E-state index contributed by atoms with van der Waals surface area (Å²) in [4.78, 5) is 8.21. The summed E-state index contributed by atoms with van der Waals surface area (Å²) in [6, 6.07) is 8.30. The third-order valence-electron chi connectivity index (χ3n) is 2.67. The third kappa shape index (κ3) is 4.51. The van der Waals surface area contributed by atoms with Crippen LogP contribution in [0.4, 0.5) is 5.69 Å². The summed E-state index contributed by atoms with van der Waals surface area (Å²) in [6.07, 6.45) is 3.17. The van der Waals surface area contributed by atoms with E-state index in [2.05, 4.69) is 20.0 Å². The first-order valence-corrected chi connectivity index (χ1v) is 8.07. The van der Waals surface area contributed by atoms with Gasteiger partial charge in [-0.1, -0.05) is 0 Å². The van der Waals surface area contributed by atoms with Crippen LogP contribution in [0, 0.1) is 0 Å². The van der Waals surface area contributed by atoms with Crippen LogP contribution in [-0.4, -0.2) is 24.4 Å². The molecule has 1 aromatic heterocycles. The van der Waals surface area contributed by atoms with E-state index in [0.29, 0.717) is 6.54 Å². The summed E-state index contributed by atoms with van der Waals surface area (Å²) < 4.78 is 26.5. The topological polar surface area (TPSA) is 84.0 Å². The molecule has 0 aliphatic rings. The molecule has 0 atom stereocenters. The lowest BCUT2D eigenvalue weighted by Gasteiger charge is -2.10. The van der Waals surface area contributed by atoms with Gasteiger partial charge in [-0.15, -0.1) is 0 Å². The fourth-order valence-corrected chi connectivity index (χ4v) is 3.00. The number of rotatable bonds is 6. The number of sulfonamides is 1. The molecular weight excluding hydrogens is 288 g/mol. The van der Waals surface area contributed by atoms with Gasteiger partial charge in [0.05, 0.1) is 17.1 Å². The first kappa shape index (κ1) is 15.4. The molecule has 0 aliphatic heterocycles. The maximum atomic E-state index is 12.0. The van der Waals surface area contributed by atoms with Crippen LogP contribution >= 0.6 is 0 Å². The summed E-state index contributed by atoms with van der Waals surface area (Å²) in [5, 5.41) is 3.17. The van der Waals surface area contributed by atoms with Crippen LogP contribution in [0.25, 0.3) is 0 Å². The van der Waals surface area contributed by atoms with Gasteiger partial charge in [-0.05, 0) is 44.2 Å². The Morgan fingerprint density at radius 2 is 1.86 bits per heavy atom. The minimum atomic E-state index is -3.44. The zero-order valence-corrected chi connectivity index (χ0v) is 12.8. The highest BCUT2D eigenvalue weighted by molar-refractivity contribution is 7.89. The van der Waals surface area contributed by atoms with E-state index in [1.165, 1.54) is 6.33 Å². The average Bonchev–Trinajstić information content (AvgIpc) is 2.45. The van der Waals surface area contributed by atoms with Gasteiger partial charge in [-0.2, -0.15) is 0 Å². The lowest BCUT2D eigenvalue weighted by Crippen LogP contribution is -2.30. The quantitative estimate of drug-likeness (QED) is 0.850. The van der Waals surface area contributed by atoms with Crippen molar-refractivity contribution in [2.45, 2.75) is 31.3 Å². The van der Waals surface area contributed by atoms with Crippen LogP contribution in [0.15, 0.2) is 47.8 Å². The van der Waals surface area contributed by atoms with E-state index in [0.717, 1.165) is 11.4 Å². The molecule has 0 fully saturated rings. The number of aromatic nitrogens is 2. The Morgan fingerprint density at radius 1 is 1.14 bits per heavy atom. The van der Waals surface area contributed by atoms with Crippen molar-refractivity contribution >= 4 is 15.7 Å². The van der Waals surface area contributed by atoms with Crippen molar-refractivity contribution in [1.82, 2.24) is 14.7 Å². The lowest BCUT2D eigenvalue weighted by atomic mass is 10.3. The van der Waals surface area contributed by atoms with Crippen molar-refractivity contribution in [3.63, 3.8) is 0 Å². The second-order valence-corrected chi connectivity index (χ2v) is 6.57. The largest absolute Gasteiger partial charge is 0.379 e. The molecule has 112 valence electrons. The molecule has 0 spiro atoms. The summed E-state index contributed by atoms with van der Waals surface area (Å²) in [5.41, 5.74) is 1.69. The van der Waals surface area contributed by atoms with Crippen molar-refractivity contribution in [3.8, 4) is 0 Å². The molecule has 7 heteroatoms. The van der Waals surface area contributed by atoms with E-state index in [-0.39, 0.29) is 10.9 Å². The Bertz CT molecular complexity index is 670. The predicted molar refractivity (Wildman–Crippen MR) is 81.3 cm³/mol. The monoisotopic (exact) mass is 306 g/mol. The van der Waals surface area contributed by atoms with Crippen LogP contribution in [0.2, 0.25) is 0 Å². The molecule has 1 aromatic carbocycles. The fraction of sp³-hybridized carbons (Fsp3) is 0.286. The molecule has 0 aliphatic carbocycles. The van der Waals surface area contributed by atoms with Gasteiger partial charge < -0.3 is 5.32 Å². The highest BCUT2D eigenvalue weighted by Crippen LogP contribution is 2.14. The van der Waals surface area contributed by atoms with E-state index in [9.17, 15) is 8.42 Å². The number of hydrogen-bond acceptors (Lipinski definition) is 5. The lowest BCUT2D eigenvalue weighted by molar-refractivity contribution is 0.570. The van der Waals surface area contributed by atoms with E-state index >= 15 is 0 Å². The molecular formula is C14H18N4O2S. The molecule has 6 nitrogen and oxygen atoms in total. The van der Waals surface area contributed by atoms with Crippen LogP contribution in [-0.2, 0) is 16.6 Å². The Labute approximate surface area is 124 Å². The zero-order valence-electron chi connectivity index (χ0n) is 11.9. The van der Waals surface area contributed by atoms with Crippen molar-refractivity contribution < 1.29 is 8.42 Å². The zero-order chi connectivity index (χ0) is 15.3. The summed E-state index contributed by atoms with van der Waals surface area (Å²) in [7, 11) is -3.44. The van der Waals surface area contributed by atoms with Crippen LogP contribution in [0.3, 0.4) is 0 Å². The maximum Gasteiger partial charge on any atom is 0.240 e. The van der Waals surface area contributed by atoms with Crippen molar-refractivity contribution in [1.29, 1.82) is 0 Å². The van der Waals surface area contributed by atoms with Gasteiger partial charge in [-0.25, -0.2) is 23.1 Å². The highest BCUT2D eigenvalue weighted by Gasteiger charge is 2.14. The molecule has 2 N–H and O–H groups in total. The molecule has 2 aromatic rings. The predicted octanol–water partition coefficient (Wildman–Crippen LogP) is 1.78. The number of anilines is 1. The van der Waals surface area contributed by atoms with E-state index < -0.39 is 10.0 Å². The van der Waals surface area contributed by atoms with Crippen LogP contribution < -0.4 is 10.0 Å². The summed E-state index contributed by atoms with van der Waals surface area (Å²) in [5.74, 6) is 0. The molecule has 0 amide bonds. The molecule has 21 heavy (non-hydrogen) atoms. The van der Waals surface area contributed by atoms with Gasteiger partial charge in [0.1, 0.15) is 6.33 Å². The average molecular weight is 306 g/mol. The first-order chi connectivity index (χ1) is 9.97. The minimum Gasteiger partial charge on any atom is -0.379 e. The first-order valence-electron chi connectivity index (χ1n) is 6.58. The Morgan fingerprint density at radius 3 is 2.43 bits per heavy atom. The van der Waals surface area contributed by atoms with Crippen molar-refractivity contribution in [3.05, 3.63) is 48.5 Å². The van der Waals surface area contributed by atoms with Gasteiger partial charge in [0.15, 0.2) is 0 Å². The number of nitrogens with zero attached hydrogens (tertiary/aromatic N) is 2. The number of nitrogens with one attached hydrogen (secondary N) is 2. The summed E-state index contributed by atoms with van der Waals surface area (Å²) in [6.45, 7) is 4.13. The molecule has 0 unspecified atom stereocenters. The Kier molecular flexibility index (Phi) is 4.87. The van der Waals surface area contributed by atoms with Gasteiger partial charge in [0.2, 0.25) is 10.0 Å². The second-order valence-electron chi connectivity index (χ2n) is 4.85. The number of benzene rings is 1. The maximum absolute atomic E-state index is 12.0. The molecule has 0 bridgehead atoms. The number of hydrogen-bond donors (Lipinski definition) is 2. The fourth-order valence-electron chi connectivity index (χ4n) is 1.75. The van der Waals surface area contributed by atoms with Gasteiger partial charge >= 0.3 is 0 Å². The SMILES string of the molecule is CC(C)NS(=O)(=O)c1ccc(NCc2ccncn2)cc1. The summed E-state index contributed by atoms with van der Waals surface area (Å²) >= 11 is 0. The standard InChI is InChI=1S/C14H18N4O2S/c1-11(2)18-21(19,20)14-5-3-12(4-6-14)16-9-13-7-8-15-10-17-13/h3-8,10-11,16,18H,9H2,1-2H3. The van der Waals surface area contributed by atoms with E-state index in [1.54, 1.807) is 44.3 Å². The van der Waals surface area contributed by atoms with Gasteiger partial charge in [-0.3, -0.25) is 0 Å². The molecule has 2 rings (SSSR count). The van der Waals surface area contributed by atoms with Crippen molar-refractivity contribution in [2.75, 3.05) is 5.32 Å². The molecule has 0 radical (unpaired) electrons. The molecule has 1 heterocycles. The van der Waals surface area contributed by atoms with E-state index in [4.69, 9.17) is 0 Å². The van der Waals surface area contributed by atoms with E-state index in [1.807, 2.05) is 6.07 Å². The Balaban J connectivity index is 2.02. The normalized spacial score (nSPS) is 11.6. The molecule has 0 saturated carbocycles. The minimum absolute atomic E-state index is 0.134. The van der Waals surface area contributed by atoms with Gasteiger partial charge in [0.25, 0.3) is 0 Å². The van der Waals surface area contributed by atoms with Crippen molar-refractivity contribution in [2.24, 2.45) is 0 Å². The smallest absolute Gasteiger partial charge is 0.240 e. The van der Waals surface area contributed by atoms with Crippen LogP contribution in [0.1, 0.15) is 19.5 Å². The molecule has 0 saturated heterocycles. The third-order valence-corrected chi connectivity index (χ3v) is 4.35. The van der Waals surface area contributed by atoms with Crippen LogP contribution in [0.5, 0.6) is 0 Å². The van der Waals surface area contributed by atoms with Gasteiger partial charge in [0, 0.05) is 17.9 Å². The highest BCUT2D eigenvalue weighted by atomic mass is 32.2. The second kappa shape index (κ2) is 6.64.